The molecule has 10 aromatic rings. The summed E-state index contributed by atoms with van der Waals surface area (Å²) < 4.78 is 7.49. The van der Waals surface area contributed by atoms with Gasteiger partial charge in [0.25, 0.3) is 0 Å². The van der Waals surface area contributed by atoms with E-state index in [0.717, 1.165) is 75.6 Å². The topological polar surface area (TPSA) is 64.7 Å². The molecule has 0 aliphatic heterocycles. The SMILES string of the molecule is c1ccc(-c2nc(-c3cc4ccccc4c4ccccc34)nc(-c3c4nc(-c5ccccc5)sc4cc4oc5ccccc5c34)n2)cc1. The first kappa shape index (κ1) is 26.9. The molecule has 0 bridgehead atoms. The molecule has 0 unspecified atom stereocenters. The molecule has 6 heteroatoms. The fourth-order valence-corrected chi connectivity index (χ4v) is 7.77. The van der Waals surface area contributed by atoms with Crippen LogP contribution in [0.5, 0.6) is 0 Å². The zero-order valence-corrected chi connectivity index (χ0v) is 26.3. The van der Waals surface area contributed by atoms with Crippen molar-refractivity contribution in [2.75, 3.05) is 0 Å². The number of nitrogens with zero attached hydrogens (tertiary/aromatic N) is 4. The van der Waals surface area contributed by atoms with Gasteiger partial charge in [0.1, 0.15) is 16.2 Å². The van der Waals surface area contributed by atoms with Crippen LogP contribution in [0.15, 0.2) is 150 Å². The van der Waals surface area contributed by atoms with Gasteiger partial charge < -0.3 is 4.42 Å². The van der Waals surface area contributed by atoms with E-state index in [9.17, 15) is 0 Å². The lowest BCUT2D eigenvalue weighted by Crippen LogP contribution is -2.01. The van der Waals surface area contributed by atoms with Gasteiger partial charge in [0.15, 0.2) is 17.5 Å². The van der Waals surface area contributed by atoms with Gasteiger partial charge in [-0.25, -0.2) is 19.9 Å². The normalized spacial score (nSPS) is 11.8. The quantitative estimate of drug-likeness (QED) is 0.181. The Balaban J connectivity index is 1.34. The van der Waals surface area contributed by atoms with Crippen molar-refractivity contribution >= 4 is 65.0 Å². The van der Waals surface area contributed by atoms with Crippen LogP contribution in [0.2, 0.25) is 0 Å². The Labute approximate surface area is 278 Å². The lowest BCUT2D eigenvalue weighted by atomic mass is 9.96. The summed E-state index contributed by atoms with van der Waals surface area (Å²) in [4.78, 5) is 21.0. The first-order valence-electron chi connectivity index (χ1n) is 15.8. The van der Waals surface area contributed by atoms with Crippen molar-refractivity contribution < 1.29 is 4.42 Å². The average molecular weight is 633 g/mol. The number of furan rings is 1. The van der Waals surface area contributed by atoms with Gasteiger partial charge in [-0.3, -0.25) is 0 Å². The molecule has 7 aromatic carbocycles. The van der Waals surface area contributed by atoms with E-state index in [1.165, 1.54) is 5.39 Å². The minimum absolute atomic E-state index is 0.558. The highest BCUT2D eigenvalue weighted by Crippen LogP contribution is 2.44. The van der Waals surface area contributed by atoms with E-state index < -0.39 is 0 Å². The molecule has 5 nitrogen and oxygen atoms in total. The Morgan fingerprint density at radius 3 is 1.90 bits per heavy atom. The summed E-state index contributed by atoms with van der Waals surface area (Å²) in [7, 11) is 0. The second-order valence-electron chi connectivity index (χ2n) is 11.8. The van der Waals surface area contributed by atoms with Gasteiger partial charge in [-0.1, -0.05) is 127 Å². The summed E-state index contributed by atoms with van der Waals surface area (Å²) >= 11 is 1.65. The number of hydrogen-bond donors (Lipinski definition) is 0. The van der Waals surface area contributed by atoms with Gasteiger partial charge >= 0.3 is 0 Å². The summed E-state index contributed by atoms with van der Waals surface area (Å²) in [6.45, 7) is 0. The fraction of sp³-hybridized carbons (Fsp3) is 0. The van der Waals surface area contributed by atoms with E-state index >= 15 is 0 Å². The molecule has 0 spiro atoms. The minimum atomic E-state index is 0.558. The van der Waals surface area contributed by atoms with Gasteiger partial charge in [-0.2, -0.15) is 0 Å². The molecule has 48 heavy (non-hydrogen) atoms. The van der Waals surface area contributed by atoms with Crippen LogP contribution < -0.4 is 0 Å². The Bertz CT molecular complexity index is 2840. The average Bonchev–Trinajstić information content (AvgIpc) is 3.75. The highest BCUT2D eigenvalue weighted by atomic mass is 32.1. The highest BCUT2D eigenvalue weighted by molar-refractivity contribution is 7.21. The van der Waals surface area contributed by atoms with Crippen molar-refractivity contribution in [3.63, 3.8) is 0 Å². The van der Waals surface area contributed by atoms with Gasteiger partial charge in [-0.15, -0.1) is 11.3 Å². The first-order chi connectivity index (χ1) is 23.8. The van der Waals surface area contributed by atoms with E-state index in [1.54, 1.807) is 11.3 Å². The number of aromatic nitrogens is 4. The number of para-hydroxylation sites is 1. The lowest BCUT2D eigenvalue weighted by molar-refractivity contribution is 0.669. The summed E-state index contributed by atoms with van der Waals surface area (Å²) in [5.74, 6) is 1.77. The number of fused-ring (bicyclic) bond motifs is 7. The maximum absolute atomic E-state index is 6.48. The van der Waals surface area contributed by atoms with Crippen molar-refractivity contribution in [1.29, 1.82) is 0 Å². The maximum atomic E-state index is 6.48. The number of rotatable bonds is 4. The Morgan fingerprint density at radius 1 is 0.458 bits per heavy atom. The fourth-order valence-electron chi connectivity index (χ4n) is 6.76. The minimum Gasteiger partial charge on any atom is -0.456 e. The number of thiazole rings is 1. The molecule has 0 fully saturated rings. The molecule has 3 aromatic heterocycles. The predicted molar refractivity (Wildman–Crippen MR) is 197 cm³/mol. The highest BCUT2D eigenvalue weighted by Gasteiger charge is 2.24. The van der Waals surface area contributed by atoms with Crippen LogP contribution in [-0.2, 0) is 0 Å². The summed E-state index contributed by atoms with van der Waals surface area (Å²) in [6.07, 6.45) is 0. The predicted octanol–water partition coefficient (Wildman–Crippen LogP) is 11.4. The van der Waals surface area contributed by atoms with Crippen LogP contribution >= 0.6 is 11.3 Å². The summed E-state index contributed by atoms with van der Waals surface area (Å²) in [5.41, 5.74) is 6.21. The van der Waals surface area contributed by atoms with E-state index in [2.05, 4.69) is 78.9 Å². The van der Waals surface area contributed by atoms with E-state index in [4.69, 9.17) is 24.4 Å². The second kappa shape index (κ2) is 10.7. The van der Waals surface area contributed by atoms with Crippen LogP contribution in [0.25, 0.3) is 98.4 Å². The zero-order valence-electron chi connectivity index (χ0n) is 25.5. The third-order valence-electron chi connectivity index (χ3n) is 8.95. The van der Waals surface area contributed by atoms with Gasteiger partial charge in [-0.05, 0) is 33.7 Å². The van der Waals surface area contributed by atoms with Crippen molar-refractivity contribution in [2.24, 2.45) is 0 Å². The molecule has 0 saturated heterocycles. The molecule has 0 atom stereocenters. The van der Waals surface area contributed by atoms with Crippen molar-refractivity contribution in [3.05, 3.63) is 146 Å². The largest absolute Gasteiger partial charge is 0.456 e. The van der Waals surface area contributed by atoms with E-state index in [0.29, 0.717) is 17.5 Å². The lowest BCUT2D eigenvalue weighted by Gasteiger charge is -2.13. The first-order valence-corrected chi connectivity index (χ1v) is 16.6. The molecule has 0 saturated carbocycles. The molecule has 0 aliphatic rings. The second-order valence-corrected chi connectivity index (χ2v) is 12.8. The Morgan fingerprint density at radius 2 is 1.08 bits per heavy atom. The van der Waals surface area contributed by atoms with Crippen molar-refractivity contribution in [2.45, 2.75) is 0 Å². The molecule has 0 amide bonds. The number of benzene rings is 7. The zero-order chi connectivity index (χ0) is 31.6. The molecular formula is C42H24N4OS. The van der Waals surface area contributed by atoms with Crippen LogP contribution in [0.4, 0.5) is 0 Å². The Kier molecular flexibility index (Phi) is 5.98. The van der Waals surface area contributed by atoms with Crippen molar-refractivity contribution in [3.8, 4) is 44.7 Å². The maximum Gasteiger partial charge on any atom is 0.167 e. The smallest absolute Gasteiger partial charge is 0.167 e. The molecule has 224 valence electrons. The molecule has 0 radical (unpaired) electrons. The van der Waals surface area contributed by atoms with Crippen LogP contribution in [0, 0.1) is 0 Å². The van der Waals surface area contributed by atoms with Crippen LogP contribution in [0.3, 0.4) is 0 Å². The third kappa shape index (κ3) is 4.24. The van der Waals surface area contributed by atoms with E-state index in [-0.39, 0.29) is 0 Å². The summed E-state index contributed by atoms with van der Waals surface area (Å²) in [5, 5.41) is 7.45. The van der Waals surface area contributed by atoms with Gasteiger partial charge in [0.2, 0.25) is 0 Å². The third-order valence-corrected chi connectivity index (χ3v) is 10.00. The van der Waals surface area contributed by atoms with Crippen LogP contribution in [-0.4, -0.2) is 19.9 Å². The summed E-state index contributed by atoms with van der Waals surface area (Å²) in [6, 6.07) is 49.8. The molecule has 3 heterocycles. The van der Waals surface area contributed by atoms with Crippen LogP contribution in [0.1, 0.15) is 0 Å². The Hall–Kier alpha value is -6.24. The number of hydrogen-bond acceptors (Lipinski definition) is 6. The van der Waals surface area contributed by atoms with Gasteiger partial charge in [0, 0.05) is 33.5 Å². The molecule has 0 N–H and O–H groups in total. The standard InChI is InChI=1S/C42H24N4OS/c1-3-13-25(14-4-1)39-44-40(32-23-27-17-7-8-18-28(27)29-19-9-10-20-30(29)32)46-41(45-39)37-36-31-21-11-12-22-33(31)47-34(36)24-35-38(37)43-42(48-35)26-15-5-2-6-16-26/h1-24H. The molecule has 0 aliphatic carbocycles. The monoisotopic (exact) mass is 632 g/mol. The molecule has 10 rings (SSSR count). The van der Waals surface area contributed by atoms with Gasteiger partial charge in [0.05, 0.1) is 15.8 Å². The van der Waals surface area contributed by atoms with E-state index in [1.807, 2.05) is 66.7 Å². The molecular weight excluding hydrogens is 609 g/mol. The van der Waals surface area contributed by atoms with Crippen molar-refractivity contribution in [1.82, 2.24) is 19.9 Å².